The number of nitrogens with zero attached hydrogens (tertiary/aromatic N) is 5. The molecule has 0 radical (unpaired) electrons. The van der Waals surface area contributed by atoms with Crippen LogP contribution in [-0.4, -0.2) is 62.3 Å². The number of para-hydroxylation sites is 1. The van der Waals surface area contributed by atoms with Crippen molar-refractivity contribution >= 4 is 23.2 Å². The van der Waals surface area contributed by atoms with E-state index in [4.69, 9.17) is 4.74 Å². The number of ether oxygens (including phenoxy) is 1. The average Bonchev–Trinajstić information content (AvgIpc) is 3.12. The standard InChI is InChI=1S/C19H23N5O2/c1-22(2)17-11-18(21-13-20-17)23-9-10-26-16(12-23)19(25)24-8-7-14-5-3-4-6-15(14)24/h3-6,11,13,16H,7-10,12H2,1-2H3. The fraction of sp³-hybridized carbons (Fsp3) is 0.421. The molecule has 2 aromatic rings. The first-order chi connectivity index (χ1) is 12.6. The minimum Gasteiger partial charge on any atom is -0.365 e. The smallest absolute Gasteiger partial charge is 0.257 e. The van der Waals surface area contributed by atoms with Gasteiger partial charge in [-0.25, -0.2) is 9.97 Å². The first-order valence-corrected chi connectivity index (χ1v) is 8.88. The van der Waals surface area contributed by atoms with E-state index in [0.717, 1.165) is 30.3 Å². The maximum Gasteiger partial charge on any atom is 0.257 e. The maximum absolute atomic E-state index is 13.0. The molecule has 3 heterocycles. The summed E-state index contributed by atoms with van der Waals surface area (Å²) < 4.78 is 5.81. The second-order valence-electron chi connectivity index (χ2n) is 6.80. The lowest BCUT2D eigenvalue weighted by atomic mass is 10.2. The first kappa shape index (κ1) is 16.8. The van der Waals surface area contributed by atoms with Crippen LogP contribution in [0.2, 0.25) is 0 Å². The van der Waals surface area contributed by atoms with Crippen LogP contribution in [0.1, 0.15) is 5.56 Å². The molecule has 136 valence electrons. The molecule has 1 amide bonds. The van der Waals surface area contributed by atoms with Crippen LogP contribution in [0.25, 0.3) is 0 Å². The minimum absolute atomic E-state index is 0.0292. The summed E-state index contributed by atoms with van der Waals surface area (Å²) in [6, 6.07) is 10.0. The molecule has 1 fully saturated rings. The van der Waals surface area contributed by atoms with Crippen LogP contribution in [0, 0.1) is 0 Å². The summed E-state index contributed by atoms with van der Waals surface area (Å²) >= 11 is 0. The Kier molecular flexibility index (Phi) is 4.46. The summed E-state index contributed by atoms with van der Waals surface area (Å²) in [5.41, 5.74) is 2.23. The van der Waals surface area contributed by atoms with Gasteiger partial charge >= 0.3 is 0 Å². The van der Waals surface area contributed by atoms with Crippen LogP contribution >= 0.6 is 0 Å². The Morgan fingerprint density at radius 1 is 1.23 bits per heavy atom. The first-order valence-electron chi connectivity index (χ1n) is 8.88. The number of fused-ring (bicyclic) bond motifs is 1. The molecule has 2 aliphatic heterocycles. The van der Waals surface area contributed by atoms with Gasteiger partial charge in [0.25, 0.3) is 5.91 Å². The lowest BCUT2D eigenvalue weighted by Crippen LogP contribution is -2.51. The van der Waals surface area contributed by atoms with Gasteiger partial charge in [-0.05, 0) is 18.1 Å². The highest BCUT2D eigenvalue weighted by atomic mass is 16.5. The van der Waals surface area contributed by atoms with Crippen molar-refractivity contribution < 1.29 is 9.53 Å². The van der Waals surface area contributed by atoms with Crippen LogP contribution < -0.4 is 14.7 Å². The molecule has 1 saturated heterocycles. The monoisotopic (exact) mass is 353 g/mol. The van der Waals surface area contributed by atoms with Gasteiger partial charge in [0.15, 0.2) is 6.10 Å². The van der Waals surface area contributed by atoms with Crippen molar-refractivity contribution in [3.63, 3.8) is 0 Å². The molecule has 0 aliphatic carbocycles. The van der Waals surface area contributed by atoms with Crippen LogP contribution in [0.15, 0.2) is 36.7 Å². The maximum atomic E-state index is 13.0. The normalized spacial score (nSPS) is 19.4. The number of carbonyl (C=O) groups excluding carboxylic acids is 1. The van der Waals surface area contributed by atoms with Crippen molar-refractivity contribution in [3.8, 4) is 0 Å². The summed E-state index contributed by atoms with van der Waals surface area (Å²) in [6.45, 7) is 2.44. The Bertz CT molecular complexity index is 810. The molecule has 0 saturated carbocycles. The Morgan fingerprint density at radius 3 is 2.92 bits per heavy atom. The molecule has 7 nitrogen and oxygen atoms in total. The number of aromatic nitrogens is 2. The quantitative estimate of drug-likeness (QED) is 0.830. The molecule has 4 rings (SSSR count). The highest BCUT2D eigenvalue weighted by Gasteiger charge is 2.34. The third-order valence-corrected chi connectivity index (χ3v) is 4.92. The molecular weight excluding hydrogens is 330 g/mol. The third-order valence-electron chi connectivity index (χ3n) is 4.92. The number of carbonyl (C=O) groups is 1. The SMILES string of the molecule is CN(C)c1cc(N2CCOC(C(=O)N3CCc4ccccc43)C2)ncn1. The summed E-state index contributed by atoms with van der Waals surface area (Å²) in [5.74, 6) is 1.70. The van der Waals surface area contributed by atoms with Crippen molar-refractivity contribution in [1.29, 1.82) is 0 Å². The molecule has 0 spiro atoms. The van der Waals surface area contributed by atoms with Crippen molar-refractivity contribution in [2.24, 2.45) is 0 Å². The largest absolute Gasteiger partial charge is 0.365 e. The molecule has 1 unspecified atom stereocenters. The van der Waals surface area contributed by atoms with E-state index in [0.29, 0.717) is 19.7 Å². The van der Waals surface area contributed by atoms with Gasteiger partial charge in [0.1, 0.15) is 18.0 Å². The highest BCUT2D eigenvalue weighted by molar-refractivity contribution is 5.98. The molecule has 2 aliphatic rings. The Morgan fingerprint density at radius 2 is 2.08 bits per heavy atom. The molecule has 1 atom stereocenters. The molecular formula is C19H23N5O2. The Labute approximate surface area is 153 Å². The predicted molar refractivity (Wildman–Crippen MR) is 101 cm³/mol. The highest BCUT2D eigenvalue weighted by Crippen LogP contribution is 2.29. The summed E-state index contributed by atoms with van der Waals surface area (Å²) in [4.78, 5) is 27.6. The zero-order chi connectivity index (χ0) is 18.1. The number of rotatable bonds is 3. The molecule has 1 aromatic heterocycles. The van der Waals surface area contributed by atoms with Gasteiger partial charge in [-0.3, -0.25) is 4.79 Å². The zero-order valence-corrected chi connectivity index (χ0v) is 15.1. The Balaban J connectivity index is 1.51. The van der Waals surface area contributed by atoms with E-state index >= 15 is 0 Å². The number of hydrogen-bond acceptors (Lipinski definition) is 6. The van der Waals surface area contributed by atoms with Gasteiger partial charge in [0.2, 0.25) is 0 Å². The second-order valence-corrected chi connectivity index (χ2v) is 6.80. The summed E-state index contributed by atoms with van der Waals surface area (Å²) in [7, 11) is 3.89. The van der Waals surface area contributed by atoms with Crippen LogP contribution in [-0.2, 0) is 16.0 Å². The van der Waals surface area contributed by atoms with E-state index in [1.807, 2.05) is 48.2 Å². The van der Waals surface area contributed by atoms with Gasteiger partial charge in [-0.1, -0.05) is 18.2 Å². The van der Waals surface area contributed by atoms with Gasteiger partial charge < -0.3 is 19.4 Å². The van der Waals surface area contributed by atoms with Crippen LogP contribution in [0.5, 0.6) is 0 Å². The third kappa shape index (κ3) is 3.10. The number of anilines is 3. The van der Waals surface area contributed by atoms with Crippen molar-refractivity contribution in [3.05, 3.63) is 42.2 Å². The van der Waals surface area contributed by atoms with E-state index in [1.54, 1.807) is 6.33 Å². The molecule has 0 N–H and O–H groups in total. The van der Waals surface area contributed by atoms with Gasteiger partial charge in [0, 0.05) is 38.9 Å². The summed E-state index contributed by atoms with van der Waals surface area (Å²) in [6.07, 6.45) is 1.98. The minimum atomic E-state index is -0.479. The van der Waals surface area contributed by atoms with Crippen molar-refractivity contribution in [2.45, 2.75) is 12.5 Å². The van der Waals surface area contributed by atoms with E-state index in [9.17, 15) is 4.79 Å². The predicted octanol–water partition coefficient (Wildman–Crippen LogP) is 1.34. The number of hydrogen-bond donors (Lipinski definition) is 0. The number of morpholine rings is 1. The Hall–Kier alpha value is -2.67. The fourth-order valence-corrected chi connectivity index (χ4v) is 3.50. The number of benzene rings is 1. The van der Waals surface area contributed by atoms with E-state index in [-0.39, 0.29) is 5.91 Å². The van der Waals surface area contributed by atoms with Gasteiger partial charge in [-0.15, -0.1) is 0 Å². The second kappa shape index (κ2) is 6.92. The number of amides is 1. The fourth-order valence-electron chi connectivity index (χ4n) is 3.50. The average molecular weight is 353 g/mol. The van der Waals surface area contributed by atoms with Gasteiger partial charge in [-0.2, -0.15) is 0 Å². The summed E-state index contributed by atoms with van der Waals surface area (Å²) in [5, 5.41) is 0. The van der Waals surface area contributed by atoms with E-state index in [1.165, 1.54) is 5.56 Å². The lowest BCUT2D eigenvalue weighted by Gasteiger charge is -2.35. The zero-order valence-electron chi connectivity index (χ0n) is 15.1. The van der Waals surface area contributed by atoms with E-state index < -0.39 is 6.10 Å². The topological polar surface area (TPSA) is 61.8 Å². The van der Waals surface area contributed by atoms with Gasteiger partial charge in [0.05, 0.1) is 13.2 Å². The van der Waals surface area contributed by atoms with Crippen LogP contribution in [0.3, 0.4) is 0 Å². The van der Waals surface area contributed by atoms with Crippen molar-refractivity contribution in [1.82, 2.24) is 9.97 Å². The van der Waals surface area contributed by atoms with Crippen molar-refractivity contribution in [2.75, 3.05) is 55.0 Å². The molecule has 7 heteroatoms. The molecule has 26 heavy (non-hydrogen) atoms. The molecule has 0 bridgehead atoms. The van der Waals surface area contributed by atoms with Crippen LogP contribution in [0.4, 0.5) is 17.3 Å². The lowest BCUT2D eigenvalue weighted by molar-refractivity contribution is -0.130. The molecule has 1 aromatic carbocycles. The van der Waals surface area contributed by atoms with E-state index in [2.05, 4.69) is 20.9 Å².